The molecule has 2 amide bonds. The maximum absolute atomic E-state index is 13.7. The number of nitrogens with one attached hydrogen (secondary N) is 2. The topological polar surface area (TPSA) is 54.0 Å². The van der Waals surface area contributed by atoms with Crippen molar-refractivity contribution in [2.24, 2.45) is 0 Å². The molecule has 1 aromatic heterocycles. The molecule has 0 spiro atoms. The van der Waals surface area contributed by atoms with Crippen molar-refractivity contribution >= 4 is 23.3 Å². The number of anilines is 1. The average molecular weight is 600 g/mol. The van der Waals surface area contributed by atoms with Gasteiger partial charge in [0.2, 0.25) is 0 Å². The predicted molar refractivity (Wildman–Crippen MR) is 135 cm³/mol. The van der Waals surface area contributed by atoms with Crippen molar-refractivity contribution in [3.05, 3.63) is 130 Å². The Labute approximate surface area is 233 Å². The van der Waals surface area contributed by atoms with E-state index >= 15 is 0 Å². The molecule has 4 rings (SSSR count). The summed E-state index contributed by atoms with van der Waals surface area (Å²) in [6.45, 7) is 0. The number of amides is 2. The fourth-order valence-corrected chi connectivity index (χ4v) is 4.58. The molecule has 2 N–H and O–H groups in total. The van der Waals surface area contributed by atoms with Gasteiger partial charge in [-0.05, 0) is 41.5 Å². The monoisotopic (exact) mass is 599 g/mol. The number of hydrogen-bond acceptors (Lipinski definition) is 2. The summed E-state index contributed by atoms with van der Waals surface area (Å²) in [4.78, 5) is 17.1. The van der Waals surface area contributed by atoms with Crippen LogP contribution in [0.15, 0.2) is 85.1 Å². The van der Waals surface area contributed by atoms with Gasteiger partial charge in [0, 0.05) is 24.4 Å². The number of aromatic nitrogens is 1. The Morgan fingerprint density at radius 2 is 1.37 bits per heavy atom. The third-order valence-electron chi connectivity index (χ3n) is 6.01. The van der Waals surface area contributed by atoms with Crippen molar-refractivity contribution in [2.45, 2.75) is 24.3 Å². The molecule has 4 nitrogen and oxygen atoms in total. The predicted octanol–water partition coefficient (Wildman–Crippen LogP) is 8.36. The van der Waals surface area contributed by atoms with E-state index < -0.39 is 57.4 Å². The fraction of sp³-hybridized carbons (Fsp3) is 0.143. The third-order valence-corrected chi connectivity index (χ3v) is 6.30. The number of nitrogens with zero attached hydrogens (tertiary/aromatic N) is 1. The Balaban J connectivity index is 1.95. The molecule has 13 heteroatoms. The van der Waals surface area contributed by atoms with Gasteiger partial charge < -0.3 is 10.6 Å². The van der Waals surface area contributed by atoms with Gasteiger partial charge >= 0.3 is 18.4 Å². The molecule has 0 aliphatic rings. The van der Waals surface area contributed by atoms with Gasteiger partial charge in [-0.15, -0.1) is 0 Å². The molecule has 0 bridgehead atoms. The van der Waals surface area contributed by atoms with Crippen molar-refractivity contribution < 1.29 is 39.9 Å². The van der Waals surface area contributed by atoms with E-state index in [1.807, 2.05) is 0 Å². The van der Waals surface area contributed by atoms with E-state index in [9.17, 15) is 39.9 Å². The first-order valence-electron chi connectivity index (χ1n) is 11.7. The number of urea groups is 1. The Bertz CT molecular complexity index is 1540. The van der Waals surface area contributed by atoms with Crippen LogP contribution in [0.3, 0.4) is 0 Å². The van der Waals surface area contributed by atoms with Gasteiger partial charge in [0.25, 0.3) is 0 Å². The second kappa shape index (κ2) is 11.4. The van der Waals surface area contributed by atoms with E-state index in [-0.39, 0.29) is 17.7 Å². The molecule has 0 saturated heterocycles. The first kappa shape index (κ1) is 29.8. The van der Waals surface area contributed by atoms with Gasteiger partial charge in [-0.3, -0.25) is 4.98 Å². The zero-order chi connectivity index (χ0) is 30.0. The van der Waals surface area contributed by atoms with Gasteiger partial charge in [0.05, 0.1) is 21.8 Å². The van der Waals surface area contributed by atoms with Crippen molar-refractivity contribution in [1.29, 1.82) is 0 Å². The number of carbonyl (C=O) groups is 1. The molecule has 214 valence electrons. The first-order valence-corrected chi connectivity index (χ1v) is 12.1. The van der Waals surface area contributed by atoms with E-state index in [0.29, 0.717) is 30.0 Å². The van der Waals surface area contributed by atoms with E-state index in [2.05, 4.69) is 15.6 Å². The highest BCUT2D eigenvalue weighted by Gasteiger charge is 2.43. The second-order valence-corrected chi connectivity index (χ2v) is 9.34. The standard InChI is InChI=1S/C28H18ClF8N3O/c29-23-10-19(28(35,36)37)15-38-24(23)26(14-16-5-2-1-3-6-16,17-7-4-8-18(9-17)27(32,33)34)40-25(41)39-22-12-20(30)11-21(31)13-22/h1-13,15H,14H2,(H2,39,40,41). The van der Waals surface area contributed by atoms with Crippen LogP contribution in [0.5, 0.6) is 0 Å². The average Bonchev–Trinajstić information content (AvgIpc) is 2.87. The lowest BCUT2D eigenvalue weighted by Crippen LogP contribution is -2.51. The molecule has 4 aromatic rings. The number of benzene rings is 3. The lowest BCUT2D eigenvalue weighted by Gasteiger charge is -2.36. The zero-order valence-electron chi connectivity index (χ0n) is 20.5. The molecule has 0 radical (unpaired) electrons. The SMILES string of the molecule is O=C(Nc1cc(F)cc(F)c1)NC(Cc1ccccc1)(c1cccc(C(F)(F)F)c1)c1ncc(C(F)(F)F)cc1Cl. The molecule has 41 heavy (non-hydrogen) atoms. The van der Waals surface area contributed by atoms with Crippen LogP contribution in [0.25, 0.3) is 0 Å². The van der Waals surface area contributed by atoms with Crippen LogP contribution < -0.4 is 10.6 Å². The van der Waals surface area contributed by atoms with Crippen LogP contribution in [0.1, 0.15) is 27.9 Å². The third kappa shape index (κ3) is 6.94. The summed E-state index contributed by atoms with van der Waals surface area (Å²) in [5, 5.41) is 4.08. The summed E-state index contributed by atoms with van der Waals surface area (Å²) >= 11 is 6.30. The quantitative estimate of drug-likeness (QED) is 0.219. The number of carbonyl (C=O) groups excluding carboxylic acids is 1. The van der Waals surface area contributed by atoms with E-state index in [1.165, 1.54) is 6.07 Å². The van der Waals surface area contributed by atoms with Crippen LogP contribution in [0.4, 0.5) is 45.6 Å². The molecule has 1 unspecified atom stereocenters. The summed E-state index contributed by atoms with van der Waals surface area (Å²) < 4.78 is 109. The highest BCUT2D eigenvalue weighted by Crippen LogP contribution is 2.41. The molecule has 0 aliphatic heterocycles. The number of hydrogen-bond donors (Lipinski definition) is 2. The summed E-state index contributed by atoms with van der Waals surface area (Å²) in [5.41, 5.74) is -5.01. The largest absolute Gasteiger partial charge is 0.417 e. The summed E-state index contributed by atoms with van der Waals surface area (Å²) in [5.74, 6) is -2.05. The molecule has 0 saturated carbocycles. The fourth-order valence-electron chi connectivity index (χ4n) is 4.25. The second-order valence-electron chi connectivity index (χ2n) is 8.94. The minimum atomic E-state index is -4.85. The van der Waals surface area contributed by atoms with E-state index in [0.717, 1.165) is 24.3 Å². The number of alkyl halides is 6. The van der Waals surface area contributed by atoms with Gasteiger partial charge in [-0.1, -0.05) is 54.1 Å². The maximum Gasteiger partial charge on any atom is 0.417 e. The Kier molecular flexibility index (Phi) is 8.25. The first-order chi connectivity index (χ1) is 19.2. The van der Waals surface area contributed by atoms with Gasteiger partial charge in [0.15, 0.2) is 0 Å². The van der Waals surface area contributed by atoms with Crippen LogP contribution in [-0.2, 0) is 24.3 Å². The number of halogens is 9. The Morgan fingerprint density at radius 3 is 1.95 bits per heavy atom. The van der Waals surface area contributed by atoms with Crippen molar-refractivity contribution in [3.8, 4) is 0 Å². The normalized spacial score (nSPS) is 13.4. The molecular formula is C28H18ClF8N3O. The molecular weight excluding hydrogens is 582 g/mol. The van der Waals surface area contributed by atoms with E-state index in [4.69, 9.17) is 11.6 Å². The van der Waals surface area contributed by atoms with Crippen LogP contribution in [-0.4, -0.2) is 11.0 Å². The molecule has 1 heterocycles. The lowest BCUT2D eigenvalue weighted by atomic mass is 9.79. The summed E-state index contributed by atoms with van der Waals surface area (Å²) in [6.07, 6.45) is -9.57. The Morgan fingerprint density at radius 1 is 0.756 bits per heavy atom. The lowest BCUT2D eigenvalue weighted by molar-refractivity contribution is -0.138. The molecule has 3 aromatic carbocycles. The van der Waals surface area contributed by atoms with Crippen LogP contribution in [0, 0.1) is 11.6 Å². The smallest absolute Gasteiger partial charge is 0.322 e. The van der Waals surface area contributed by atoms with Crippen LogP contribution in [0.2, 0.25) is 5.02 Å². The van der Waals surface area contributed by atoms with Gasteiger partial charge in [-0.25, -0.2) is 13.6 Å². The van der Waals surface area contributed by atoms with Gasteiger partial charge in [0.1, 0.15) is 17.2 Å². The summed E-state index contributed by atoms with van der Waals surface area (Å²) in [7, 11) is 0. The van der Waals surface area contributed by atoms with E-state index in [1.54, 1.807) is 30.3 Å². The highest BCUT2D eigenvalue weighted by molar-refractivity contribution is 6.31. The molecule has 0 aliphatic carbocycles. The zero-order valence-corrected chi connectivity index (χ0v) is 21.3. The van der Waals surface area contributed by atoms with Crippen molar-refractivity contribution in [1.82, 2.24) is 10.3 Å². The summed E-state index contributed by atoms with van der Waals surface area (Å²) in [6, 6.07) is 13.2. The van der Waals surface area contributed by atoms with Crippen molar-refractivity contribution in [2.75, 3.05) is 5.32 Å². The Hall–Kier alpha value is -4.19. The number of pyridine rings is 1. The van der Waals surface area contributed by atoms with Crippen molar-refractivity contribution in [3.63, 3.8) is 0 Å². The molecule has 1 atom stereocenters. The van der Waals surface area contributed by atoms with Crippen LogP contribution >= 0.6 is 11.6 Å². The van der Waals surface area contributed by atoms with Gasteiger partial charge in [-0.2, -0.15) is 26.3 Å². The maximum atomic E-state index is 13.7. The minimum Gasteiger partial charge on any atom is -0.322 e. The number of rotatable bonds is 6. The highest BCUT2D eigenvalue weighted by atomic mass is 35.5. The molecule has 0 fully saturated rings. The minimum absolute atomic E-state index is 0.231.